The molecule has 0 fully saturated rings. The molecular formula is C16H30O4. The monoisotopic (exact) mass is 286 g/mol. The molecule has 20 heavy (non-hydrogen) atoms. The van der Waals surface area contributed by atoms with Gasteiger partial charge in [0.1, 0.15) is 0 Å². The van der Waals surface area contributed by atoms with Crippen LogP contribution in [0.2, 0.25) is 0 Å². The first kappa shape index (κ1) is 18.9. The first-order valence-corrected chi connectivity index (χ1v) is 7.66. The molecule has 0 saturated heterocycles. The normalized spacial score (nSPS) is 11.5. The molecule has 0 radical (unpaired) electrons. The minimum absolute atomic E-state index is 0.365. The maximum atomic E-state index is 11.9. The predicted octanol–water partition coefficient (Wildman–Crippen LogP) is 3.73. The molecule has 0 N–H and O–H groups in total. The molecule has 0 aliphatic heterocycles. The lowest BCUT2D eigenvalue weighted by Gasteiger charge is -2.21. The van der Waals surface area contributed by atoms with Crippen molar-refractivity contribution in [1.29, 1.82) is 0 Å². The van der Waals surface area contributed by atoms with Gasteiger partial charge in [-0.2, -0.15) is 0 Å². The van der Waals surface area contributed by atoms with Gasteiger partial charge in [0, 0.05) is 0 Å². The number of carbonyl (C=O) groups is 2. The van der Waals surface area contributed by atoms with Crippen LogP contribution in [0.3, 0.4) is 0 Å². The van der Waals surface area contributed by atoms with E-state index in [0.717, 1.165) is 32.1 Å². The molecule has 0 aliphatic rings. The first-order valence-electron chi connectivity index (χ1n) is 7.66. The van der Waals surface area contributed by atoms with Gasteiger partial charge >= 0.3 is 11.9 Å². The molecule has 4 nitrogen and oxygen atoms in total. The Morgan fingerprint density at radius 1 is 0.950 bits per heavy atom. The zero-order chi connectivity index (χ0) is 15.6. The third kappa shape index (κ3) is 7.51. The van der Waals surface area contributed by atoms with Gasteiger partial charge in [0.05, 0.1) is 13.2 Å². The Kier molecular flexibility index (Phi) is 9.26. The molecule has 0 aromatic carbocycles. The van der Waals surface area contributed by atoms with Gasteiger partial charge in [0.2, 0.25) is 0 Å². The van der Waals surface area contributed by atoms with Crippen LogP contribution in [0.4, 0.5) is 0 Å². The molecular weight excluding hydrogens is 256 g/mol. The third-order valence-electron chi connectivity index (χ3n) is 3.16. The van der Waals surface area contributed by atoms with Crippen molar-refractivity contribution in [1.82, 2.24) is 0 Å². The lowest BCUT2D eigenvalue weighted by Crippen LogP contribution is -2.37. The Morgan fingerprint density at radius 2 is 1.45 bits per heavy atom. The van der Waals surface area contributed by atoms with Crippen molar-refractivity contribution < 1.29 is 19.1 Å². The topological polar surface area (TPSA) is 52.6 Å². The summed E-state index contributed by atoms with van der Waals surface area (Å²) in [4.78, 5) is 23.8. The zero-order valence-electron chi connectivity index (χ0n) is 13.7. The van der Waals surface area contributed by atoms with Crippen LogP contribution in [0.1, 0.15) is 66.7 Å². The van der Waals surface area contributed by atoms with E-state index in [1.54, 1.807) is 13.8 Å². The van der Waals surface area contributed by atoms with Gasteiger partial charge < -0.3 is 9.47 Å². The van der Waals surface area contributed by atoms with Crippen LogP contribution in [-0.2, 0) is 19.1 Å². The second-order valence-corrected chi connectivity index (χ2v) is 6.14. The summed E-state index contributed by atoms with van der Waals surface area (Å²) in [6.45, 7) is 10.2. The average Bonchev–Trinajstić information content (AvgIpc) is 2.38. The second-order valence-electron chi connectivity index (χ2n) is 6.14. The minimum atomic E-state index is -1.22. The molecule has 0 amide bonds. The molecule has 0 aliphatic carbocycles. The van der Waals surface area contributed by atoms with Gasteiger partial charge in [-0.15, -0.1) is 0 Å². The van der Waals surface area contributed by atoms with Crippen LogP contribution < -0.4 is 0 Å². The molecule has 0 aromatic heterocycles. The maximum Gasteiger partial charge on any atom is 0.322 e. The van der Waals surface area contributed by atoms with Crippen LogP contribution in [0.25, 0.3) is 0 Å². The number of carbonyl (C=O) groups excluding carboxylic acids is 2. The zero-order valence-corrected chi connectivity index (χ0v) is 13.7. The fourth-order valence-electron chi connectivity index (χ4n) is 1.62. The lowest BCUT2D eigenvalue weighted by atomic mass is 9.94. The van der Waals surface area contributed by atoms with Gasteiger partial charge in [-0.25, -0.2) is 0 Å². The summed E-state index contributed by atoms with van der Waals surface area (Å²) in [6.07, 6.45) is 4.76. The smallest absolute Gasteiger partial charge is 0.322 e. The van der Waals surface area contributed by atoms with E-state index in [0.29, 0.717) is 19.1 Å². The molecule has 0 saturated carbocycles. The minimum Gasteiger partial charge on any atom is -0.465 e. The Hall–Kier alpha value is -1.06. The Balaban J connectivity index is 4.05. The van der Waals surface area contributed by atoms with Gasteiger partial charge in [-0.1, -0.05) is 33.6 Å². The van der Waals surface area contributed by atoms with Crippen LogP contribution in [0.5, 0.6) is 0 Å². The number of esters is 2. The van der Waals surface area contributed by atoms with E-state index in [4.69, 9.17) is 9.47 Å². The number of unbranched alkanes of at least 4 members (excludes halogenated alkanes) is 2. The summed E-state index contributed by atoms with van der Waals surface area (Å²) in [5.74, 6) is -0.408. The molecule has 0 heterocycles. The summed E-state index contributed by atoms with van der Waals surface area (Å²) >= 11 is 0. The summed E-state index contributed by atoms with van der Waals surface area (Å²) in [5.41, 5.74) is -1.22. The lowest BCUT2D eigenvalue weighted by molar-refractivity contribution is -0.170. The fourth-order valence-corrected chi connectivity index (χ4v) is 1.62. The molecule has 0 spiro atoms. The molecule has 0 aromatic rings. The molecule has 0 unspecified atom stereocenters. The largest absolute Gasteiger partial charge is 0.465 e. The van der Waals surface area contributed by atoms with Crippen molar-refractivity contribution in [3.05, 3.63) is 0 Å². The van der Waals surface area contributed by atoms with E-state index in [1.165, 1.54) is 0 Å². The number of ether oxygens (including phenoxy) is 2. The highest BCUT2D eigenvalue weighted by Gasteiger charge is 2.39. The highest BCUT2D eigenvalue weighted by atomic mass is 16.6. The van der Waals surface area contributed by atoms with E-state index in [9.17, 15) is 9.59 Å². The SMILES string of the molecule is CCCCCOC(=O)C(C)(C)C(=O)OCCCC(C)C. The highest BCUT2D eigenvalue weighted by molar-refractivity contribution is 5.99. The first-order chi connectivity index (χ1) is 9.32. The molecule has 4 heteroatoms. The molecule has 118 valence electrons. The molecule has 0 atom stereocenters. The van der Waals surface area contributed by atoms with Crippen molar-refractivity contribution in [2.45, 2.75) is 66.7 Å². The predicted molar refractivity (Wildman–Crippen MR) is 79.3 cm³/mol. The van der Waals surface area contributed by atoms with Gasteiger partial charge in [-0.3, -0.25) is 9.59 Å². The summed E-state index contributed by atoms with van der Waals surface area (Å²) < 4.78 is 10.3. The Labute approximate surface area is 123 Å². The van der Waals surface area contributed by atoms with Gasteiger partial charge in [0.25, 0.3) is 0 Å². The van der Waals surface area contributed by atoms with Crippen LogP contribution in [-0.4, -0.2) is 25.2 Å². The number of hydrogen-bond acceptors (Lipinski definition) is 4. The molecule has 0 rings (SSSR count). The van der Waals surface area contributed by atoms with Crippen molar-refractivity contribution in [3.63, 3.8) is 0 Å². The van der Waals surface area contributed by atoms with E-state index in [2.05, 4.69) is 20.8 Å². The fraction of sp³-hybridized carbons (Fsp3) is 0.875. The summed E-state index contributed by atoms with van der Waals surface area (Å²) in [7, 11) is 0. The third-order valence-corrected chi connectivity index (χ3v) is 3.16. The molecule has 0 bridgehead atoms. The van der Waals surface area contributed by atoms with Crippen molar-refractivity contribution in [2.75, 3.05) is 13.2 Å². The standard InChI is InChI=1S/C16H30O4/c1-6-7-8-11-19-14(17)16(4,5)15(18)20-12-9-10-13(2)3/h13H,6-12H2,1-5H3. The number of hydrogen-bond donors (Lipinski definition) is 0. The van der Waals surface area contributed by atoms with E-state index < -0.39 is 17.4 Å². The van der Waals surface area contributed by atoms with E-state index in [1.807, 2.05) is 0 Å². The van der Waals surface area contributed by atoms with Crippen LogP contribution in [0.15, 0.2) is 0 Å². The van der Waals surface area contributed by atoms with E-state index >= 15 is 0 Å². The van der Waals surface area contributed by atoms with Gasteiger partial charge in [0.15, 0.2) is 5.41 Å². The Bertz CT molecular complexity index is 295. The van der Waals surface area contributed by atoms with Crippen LogP contribution in [0, 0.1) is 11.3 Å². The quantitative estimate of drug-likeness (QED) is 0.349. The van der Waals surface area contributed by atoms with Crippen molar-refractivity contribution >= 4 is 11.9 Å². The second kappa shape index (κ2) is 9.78. The van der Waals surface area contributed by atoms with Gasteiger partial charge in [-0.05, 0) is 39.0 Å². The van der Waals surface area contributed by atoms with Crippen LogP contribution >= 0.6 is 0 Å². The average molecular weight is 286 g/mol. The van der Waals surface area contributed by atoms with Crippen molar-refractivity contribution in [3.8, 4) is 0 Å². The van der Waals surface area contributed by atoms with E-state index in [-0.39, 0.29) is 0 Å². The summed E-state index contributed by atoms with van der Waals surface area (Å²) in [5, 5.41) is 0. The summed E-state index contributed by atoms with van der Waals surface area (Å²) in [6, 6.07) is 0. The van der Waals surface area contributed by atoms with Crippen molar-refractivity contribution in [2.24, 2.45) is 11.3 Å². The number of rotatable bonds is 10. The highest BCUT2D eigenvalue weighted by Crippen LogP contribution is 2.20. The Morgan fingerprint density at radius 3 is 1.90 bits per heavy atom. The maximum absolute atomic E-state index is 11.9.